The van der Waals surface area contributed by atoms with Crippen LogP contribution < -0.4 is 0 Å². The van der Waals surface area contributed by atoms with Crippen LogP contribution in [0.4, 0.5) is 0 Å². The number of aliphatic hydroxyl groups is 1. The monoisotopic (exact) mass is 278 g/mol. The molecule has 0 spiro atoms. The van der Waals surface area contributed by atoms with Gasteiger partial charge >= 0.3 is 0 Å². The number of hydrogen-bond acceptors (Lipinski definition) is 5. The van der Waals surface area contributed by atoms with Gasteiger partial charge in [0.25, 0.3) is 0 Å². The third kappa shape index (κ3) is 2.83. The number of thioether (sulfide) groups is 1. The average molecular weight is 278 g/mol. The number of aliphatic imine (C=N–C) groups is 1. The fourth-order valence-corrected chi connectivity index (χ4v) is 3.28. The van der Waals surface area contributed by atoms with E-state index in [1.165, 1.54) is 31.0 Å². The first-order chi connectivity index (χ1) is 9.13. The van der Waals surface area contributed by atoms with Gasteiger partial charge in [-0.3, -0.25) is 9.67 Å². The van der Waals surface area contributed by atoms with Gasteiger partial charge in [0.15, 0.2) is 0 Å². The van der Waals surface area contributed by atoms with Gasteiger partial charge < -0.3 is 5.11 Å². The Morgan fingerprint density at radius 3 is 3.00 bits per heavy atom. The predicted molar refractivity (Wildman–Crippen MR) is 76.5 cm³/mol. The van der Waals surface area contributed by atoms with Gasteiger partial charge in [0.1, 0.15) is 16.5 Å². The molecule has 6 heteroatoms. The van der Waals surface area contributed by atoms with Gasteiger partial charge in [-0.05, 0) is 19.3 Å². The summed E-state index contributed by atoms with van der Waals surface area (Å²) in [5.74, 6) is 1.07. The van der Waals surface area contributed by atoms with Crippen molar-refractivity contribution in [1.82, 2.24) is 15.0 Å². The van der Waals surface area contributed by atoms with Crippen LogP contribution in [0.5, 0.6) is 0 Å². The minimum atomic E-state index is -0.0633. The van der Waals surface area contributed by atoms with E-state index in [9.17, 15) is 5.11 Å². The van der Waals surface area contributed by atoms with E-state index in [2.05, 4.69) is 21.9 Å². The molecule has 0 amide bonds. The van der Waals surface area contributed by atoms with Crippen LogP contribution in [-0.2, 0) is 6.54 Å². The van der Waals surface area contributed by atoms with E-state index in [-0.39, 0.29) is 17.1 Å². The lowest BCUT2D eigenvalue weighted by Gasteiger charge is -2.09. The van der Waals surface area contributed by atoms with Crippen LogP contribution in [0, 0.1) is 5.92 Å². The number of rotatable bonds is 5. The summed E-state index contributed by atoms with van der Waals surface area (Å²) < 4.78 is 1.89. The summed E-state index contributed by atoms with van der Waals surface area (Å²) in [6.45, 7) is 6.50. The van der Waals surface area contributed by atoms with Crippen LogP contribution in [-0.4, -0.2) is 36.4 Å². The highest BCUT2D eigenvalue weighted by Crippen LogP contribution is 2.34. The molecule has 1 aliphatic heterocycles. The molecule has 1 aromatic rings. The SMILES string of the molecule is C=C(O)C1SC(c2cn(CCC3CC3)nn2)=NC1C. The summed E-state index contributed by atoms with van der Waals surface area (Å²) in [5, 5.41) is 18.6. The summed E-state index contributed by atoms with van der Waals surface area (Å²) in [6.07, 6.45) is 5.86. The Labute approximate surface area is 116 Å². The quantitative estimate of drug-likeness (QED) is 0.840. The Balaban J connectivity index is 1.65. The predicted octanol–water partition coefficient (Wildman–Crippen LogP) is 2.40. The van der Waals surface area contributed by atoms with E-state index in [0.717, 1.165) is 23.2 Å². The van der Waals surface area contributed by atoms with Crippen molar-refractivity contribution in [3.05, 3.63) is 24.2 Å². The van der Waals surface area contributed by atoms with Gasteiger partial charge in [0.2, 0.25) is 0 Å². The minimum absolute atomic E-state index is 0.0362. The van der Waals surface area contributed by atoms with Gasteiger partial charge in [-0.1, -0.05) is 36.4 Å². The lowest BCUT2D eigenvalue weighted by atomic mass is 10.2. The molecular weight excluding hydrogens is 260 g/mol. The van der Waals surface area contributed by atoms with Crippen LogP contribution in [0.1, 0.15) is 31.9 Å². The van der Waals surface area contributed by atoms with Crippen molar-refractivity contribution < 1.29 is 5.11 Å². The minimum Gasteiger partial charge on any atom is -0.512 e. The highest BCUT2D eigenvalue weighted by molar-refractivity contribution is 8.15. The second-order valence-corrected chi connectivity index (χ2v) is 6.43. The molecule has 2 heterocycles. The lowest BCUT2D eigenvalue weighted by molar-refractivity contribution is 0.388. The van der Waals surface area contributed by atoms with Crippen LogP contribution in [0.2, 0.25) is 0 Å². The Kier molecular flexibility index (Phi) is 3.35. The van der Waals surface area contributed by atoms with Gasteiger partial charge in [-0.25, -0.2) is 0 Å². The summed E-state index contributed by atoms with van der Waals surface area (Å²) in [6, 6.07) is 0.0362. The second kappa shape index (κ2) is 5.00. The van der Waals surface area contributed by atoms with Crippen molar-refractivity contribution in [2.24, 2.45) is 10.9 Å². The fraction of sp³-hybridized carbons (Fsp3) is 0.615. The standard InChI is InChI=1S/C13H18N4OS/c1-8-12(9(2)18)19-13(14-8)11-7-17(16-15-11)6-5-10-3-4-10/h7-8,10,12,18H,2-6H2,1H3. The molecule has 0 saturated heterocycles. The first-order valence-corrected chi connectivity index (χ1v) is 7.54. The Hall–Kier alpha value is -1.30. The van der Waals surface area contributed by atoms with E-state index in [1.54, 1.807) is 0 Å². The third-order valence-corrected chi connectivity index (χ3v) is 5.00. The molecule has 3 rings (SSSR count). The lowest BCUT2D eigenvalue weighted by Crippen LogP contribution is -2.15. The number of nitrogens with zero attached hydrogens (tertiary/aromatic N) is 4. The highest BCUT2D eigenvalue weighted by Gasteiger charge is 2.31. The van der Waals surface area contributed by atoms with Crippen LogP contribution in [0.25, 0.3) is 0 Å². The Morgan fingerprint density at radius 2 is 2.37 bits per heavy atom. The van der Waals surface area contributed by atoms with Crippen molar-refractivity contribution in [2.45, 2.75) is 44.0 Å². The Bertz CT molecular complexity index is 520. The number of aromatic nitrogens is 3. The highest BCUT2D eigenvalue weighted by atomic mass is 32.2. The molecule has 1 N–H and O–H groups in total. The molecule has 1 aromatic heterocycles. The van der Waals surface area contributed by atoms with Gasteiger partial charge in [-0.2, -0.15) is 0 Å². The van der Waals surface area contributed by atoms with E-state index in [0.29, 0.717) is 0 Å². The average Bonchev–Trinajstić information content (AvgIpc) is 2.93. The number of aliphatic hydroxyl groups excluding tert-OH is 1. The van der Waals surface area contributed by atoms with Crippen molar-refractivity contribution in [2.75, 3.05) is 0 Å². The normalized spacial score (nSPS) is 26.5. The number of aryl methyl sites for hydroxylation is 1. The smallest absolute Gasteiger partial charge is 0.137 e. The molecule has 5 nitrogen and oxygen atoms in total. The van der Waals surface area contributed by atoms with Crippen molar-refractivity contribution in [1.29, 1.82) is 0 Å². The first kappa shape index (κ1) is 12.7. The topological polar surface area (TPSA) is 63.3 Å². The Morgan fingerprint density at radius 1 is 1.58 bits per heavy atom. The van der Waals surface area contributed by atoms with Crippen molar-refractivity contribution in [3.63, 3.8) is 0 Å². The number of hydrogen-bond donors (Lipinski definition) is 1. The van der Waals surface area contributed by atoms with E-state index >= 15 is 0 Å². The molecule has 0 bridgehead atoms. The molecule has 0 radical (unpaired) electrons. The molecule has 2 atom stereocenters. The molecular formula is C13H18N4OS. The van der Waals surface area contributed by atoms with Gasteiger partial charge in [0.05, 0.1) is 17.5 Å². The second-order valence-electron chi connectivity index (χ2n) is 5.30. The maximum atomic E-state index is 9.51. The summed E-state index contributed by atoms with van der Waals surface area (Å²) in [5.41, 5.74) is 0.802. The molecule has 19 heavy (non-hydrogen) atoms. The molecule has 1 aliphatic carbocycles. The van der Waals surface area contributed by atoms with Crippen LogP contribution >= 0.6 is 11.8 Å². The first-order valence-electron chi connectivity index (χ1n) is 6.66. The maximum Gasteiger partial charge on any atom is 0.137 e. The summed E-state index contributed by atoms with van der Waals surface area (Å²) in [4.78, 5) is 4.53. The largest absolute Gasteiger partial charge is 0.512 e. The zero-order valence-electron chi connectivity index (χ0n) is 11.0. The fourth-order valence-electron chi connectivity index (χ4n) is 2.20. The molecule has 1 fully saturated rings. The van der Waals surface area contributed by atoms with E-state index in [4.69, 9.17) is 0 Å². The van der Waals surface area contributed by atoms with Gasteiger partial charge in [-0.15, -0.1) is 5.10 Å². The van der Waals surface area contributed by atoms with Gasteiger partial charge in [0, 0.05) is 6.54 Å². The van der Waals surface area contributed by atoms with Crippen LogP contribution in [0.15, 0.2) is 23.5 Å². The van der Waals surface area contributed by atoms with E-state index in [1.807, 2.05) is 17.8 Å². The summed E-state index contributed by atoms with van der Waals surface area (Å²) in [7, 11) is 0. The zero-order chi connectivity index (χ0) is 13.4. The van der Waals surface area contributed by atoms with Crippen molar-refractivity contribution >= 4 is 16.8 Å². The molecule has 1 saturated carbocycles. The molecule has 2 unspecified atom stereocenters. The summed E-state index contributed by atoms with van der Waals surface area (Å²) >= 11 is 1.51. The van der Waals surface area contributed by atoms with Crippen LogP contribution in [0.3, 0.4) is 0 Å². The third-order valence-electron chi connectivity index (χ3n) is 3.55. The maximum absolute atomic E-state index is 9.51. The van der Waals surface area contributed by atoms with Crippen molar-refractivity contribution in [3.8, 4) is 0 Å². The molecule has 102 valence electrons. The molecule has 0 aromatic carbocycles. The zero-order valence-corrected chi connectivity index (χ0v) is 11.8. The molecule has 2 aliphatic rings. The van der Waals surface area contributed by atoms with E-state index < -0.39 is 0 Å².